The summed E-state index contributed by atoms with van der Waals surface area (Å²) in [6.07, 6.45) is -0.757. The number of hydrogen-bond acceptors (Lipinski definition) is 3. The number of fused-ring (bicyclic) bond motifs is 2. The van der Waals surface area contributed by atoms with Crippen molar-refractivity contribution in [2.45, 2.75) is 43.4 Å². The van der Waals surface area contributed by atoms with Gasteiger partial charge in [0.25, 0.3) is 5.91 Å². The number of carbonyl (C=O) groups is 1. The number of nitrogens with one attached hydrogen (secondary N) is 2. The SMILES string of the molecule is NC12CC(c3ccccc3C(F)(F)F)CC1CN(C(=O)c1c[nH]c3c1CCNC3)C2. The average Bonchev–Trinajstić information content (AvgIpc) is 3.36. The first-order valence-electron chi connectivity index (χ1n) is 10.4. The lowest BCUT2D eigenvalue weighted by molar-refractivity contribution is -0.138. The average molecular weight is 418 g/mol. The zero-order valence-electron chi connectivity index (χ0n) is 16.6. The summed E-state index contributed by atoms with van der Waals surface area (Å²) in [6, 6.07) is 5.79. The number of rotatable bonds is 2. The van der Waals surface area contributed by atoms with Crippen molar-refractivity contribution in [1.82, 2.24) is 15.2 Å². The molecule has 5 rings (SSSR count). The molecule has 3 atom stereocenters. The van der Waals surface area contributed by atoms with Crippen molar-refractivity contribution >= 4 is 5.91 Å². The van der Waals surface area contributed by atoms with Gasteiger partial charge in [-0.15, -0.1) is 0 Å². The molecule has 2 aromatic rings. The number of aromatic amines is 1. The molecular weight excluding hydrogens is 393 g/mol. The van der Waals surface area contributed by atoms with E-state index in [-0.39, 0.29) is 17.7 Å². The first-order chi connectivity index (χ1) is 14.3. The normalized spacial score (nSPS) is 28.5. The molecule has 4 N–H and O–H groups in total. The van der Waals surface area contributed by atoms with Crippen LogP contribution in [0.3, 0.4) is 0 Å². The van der Waals surface area contributed by atoms with Crippen molar-refractivity contribution in [2.75, 3.05) is 19.6 Å². The Bertz CT molecular complexity index is 985. The molecule has 3 unspecified atom stereocenters. The quantitative estimate of drug-likeness (QED) is 0.702. The zero-order chi connectivity index (χ0) is 21.1. The Balaban J connectivity index is 1.34. The van der Waals surface area contributed by atoms with Gasteiger partial charge >= 0.3 is 6.18 Å². The summed E-state index contributed by atoms with van der Waals surface area (Å²) < 4.78 is 40.4. The minimum Gasteiger partial charge on any atom is -0.363 e. The molecule has 30 heavy (non-hydrogen) atoms. The number of hydrogen-bond donors (Lipinski definition) is 3. The molecule has 1 saturated heterocycles. The molecule has 1 saturated carbocycles. The molecule has 3 heterocycles. The first-order valence-corrected chi connectivity index (χ1v) is 10.4. The Hall–Kier alpha value is -2.32. The molecule has 2 fully saturated rings. The summed E-state index contributed by atoms with van der Waals surface area (Å²) in [5, 5.41) is 3.28. The van der Waals surface area contributed by atoms with Crippen LogP contribution in [0.2, 0.25) is 0 Å². The Kier molecular flexibility index (Phi) is 4.48. The van der Waals surface area contributed by atoms with Crippen LogP contribution in [0.15, 0.2) is 30.5 Å². The second-order valence-electron chi connectivity index (χ2n) is 8.92. The maximum atomic E-state index is 13.5. The Morgan fingerprint density at radius 3 is 2.83 bits per heavy atom. The third-order valence-corrected chi connectivity index (χ3v) is 7.09. The molecule has 1 amide bonds. The molecule has 1 aliphatic carbocycles. The van der Waals surface area contributed by atoms with Gasteiger partial charge in [0.05, 0.1) is 11.1 Å². The molecule has 1 aromatic heterocycles. The highest BCUT2D eigenvalue weighted by Gasteiger charge is 2.53. The molecule has 2 aliphatic heterocycles. The first kappa shape index (κ1) is 19.6. The Morgan fingerprint density at radius 2 is 2.07 bits per heavy atom. The topological polar surface area (TPSA) is 74.1 Å². The second-order valence-corrected chi connectivity index (χ2v) is 8.92. The number of halogens is 3. The fourth-order valence-electron chi connectivity index (χ4n) is 5.65. The van der Waals surface area contributed by atoms with E-state index in [1.54, 1.807) is 23.2 Å². The lowest BCUT2D eigenvalue weighted by atomic mass is 9.89. The number of nitrogens with zero attached hydrogens (tertiary/aromatic N) is 1. The van der Waals surface area contributed by atoms with Gasteiger partial charge in [-0.2, -0.15) is 13.2 Å². The third-order valence-electron chi connectivity index (χ3n) is 7.09. The van der Waals surface area contributed by atoms with Crippen LogP contribution in [-0.2, 0) is 19.1 Å². The molecule has 160 valence electrons. The van der Waals surface area contributed by atoms with Crippen molar-refractivity contribution in [1.29, 1.82) is 0 Å². The van der Waals surface area contributed by atoms with Gasteiger partial charge in [-0.25, -0.2) is 0 Å². The minimum atomic E-state index is -4.37. The summed E-state index contributed by atoms with van der Waals surface area (Å²) in [4.78, 5) is 18.2. The van der Waals surface area contributed by atoms with Gasteiger partial charge in [-0.1, -0.05) is 18.2 Å². The molecular formula is C22H25F3N4O. The van der Waals surface area contributed by atoms with E-state index in [0.29, 0.717) is 37.1 Å². The second kappa shape index (κ2) is 6.85. The molecule has 5 nitrogen and oxygen atoms in total. The number of amides is 1. The Labute approximate surface area is 172 Å². The van der Waals surface area contributed by atoms with Crippen molar-refractivity contribution in [3.05, 3.63) is 58.4 Å². The zero-order valence-corrected chi connectivity index (χ0v) is 16.6. The lowest BCUT2D eigenvalue weighted by Gasteiger charge is -2.25. The lowest BCUT2D eigenvalue weighted by Crippen LogP contribution is -2.45. The van der Waals surface area contributed by atoms with Crippen LogP contribution in [0.1, 0.15) is 51.5 Å². The van der Waals surface area contributed by atoms with E-state index in [9.17, 15) is 18.0 Å². The standard InChI is InChI=1S/C22H25F3N4O/c23-22(24,25)18-4-2-1-3-15(18)13-7-14-11-29(12-21(14,26)8-13)20(30)17-9-28-19-10-27-6-5-16(17)19/h1-4,9,13-14,27-28H,5-8,10-12,26H2. The molecule has 8 heteroatoms. The maximum absolute atomic E-state index is 13.5. The summed E-state index contributed by atoms with van der Waals surface area (Å²) in [6.45, 7) is 2.46. The monoisotopic (exact) mass is 418 g/mol. The van der Waals surface area contributed by atoms with Crippen molar-refractivity contribution in [3.8, 4) is 0 Å². The third kappa shape index (κ3) is 3.13. The van der Waals surface area contributed by atoms with Crippen molar-refractivity contribution < 1.29 is 18.0 Å². The predicted octanol–water partition coefficient (Wildman–Crippen LogP) is 3.03. The van der Waals surface area contributed by atoms with E-state index in [1.165, 1.54) is 6.07 Å². The van der Waals surface area contributed by atoms with Crippen molar-refractivity contribution in [3.63, 3.8) is 0 Å². The summed E-state index contributed by atoms with van der Waals surface area (Å²) in [5.74, 6) is -0.258. The fourth-order valence-corrected chi connectivity index (χ4v) is 5.65. The van der Waals surface area contributed by atoms with Crippen LogP contribution in [0, 0.1) is 5.92 Å². The van der Waals surface area contributed by atoms with E-state index >= 15 is 0 Å². The van der Waals surface area contributed by atoms with E-state index in [4.69, 9.17) is 5.73 Å². The summed E-state index contributed by atoms with van der Waals surface area (Å²) in [7, 11) is 0. The highest BCUT2D eigenvalue weighted by molar-refractivity contribution is 5.96. The van der Waals surface area contributed by atoms with E-state index in [0.717, 1.165) is 36.8 Å². The van der Waals surface area contributed by atoms with E-state index in [2.05, 4.69) is 10.3 Å². The Morgan fingerprint density at radius 1 is 1.27 bits per heavy atom. The van der Waals surface area contributed by atoms with Crippen LogP contribution in [0.25, 0.3) is 0 Å². The van der Waals surface area contributed by atoms with Gasteiger partial charge in [0.1, 0.15) is 0 Å². The van der Waals surface area contributed by atoms with Crippen LogP contribution < -0.4 is 11.1 Å². The number of nitrogens with two attached hydrogens (primary N) is 1. The number of alkyl halides is 3. The van der Waals surface area contributed by atoms with Crippen molar-refractivity contribution in [2.24, 2.45) is 11.7 Å². The van der Waals surface area contributed by atoms with Gasteiger partial charge in [0.2, 0.25) is 0 Å². The molecule has 1 aromatic carbocycles. The number of H-pyrrole nitrogens is 1. The highest BCUT2D eigenvalue weighted by atomic mass is 19.4. The number of aromatic nitrogens is 1. The number of carbonyl (C=O) groups excluding carboxylic acids is 1. The maximum Gasteiger partial charge on any atom is 0.416 e. The molecule has 0 radical (unpaired) electrons. The summed E-state index contributed by atoms with van der Waals surface area (Å²) in [5.41, 5.74) is 8.62. The minimum absolute atomic E-state index is 0.00387. The molecule has 3 aliphatic rings. The highest BCUT2D eigenvalue weighted by Crippen LogP contribution is 2.50. The smallest absolute Gasteiger partial charge is 0.363 e. The van der Waals surface area contributed by atoms with Crippen LogP contribution in [0.5, 0.6) is 0 Å². The van der Waals surface area contributed by atoms with Gasteiger partial charge in [0, 0.05) is 37.1 Å². The van der Waals surface area contributed by atoms with Crippen LogP contribution in [-0.4, -0.2) is 41.0 Å². The summed E-state index contributed by atoms with van der Waals surface area (Å²) >= 11 is 0. The van der Waals surface area contributed by atoms with Gasteiger partial charge in [-0.05, 0) is 54.8 Å². The van der Waals surface area contributed by atoms with Gasteiger partial charge in [-0.3, -0.25) is 4.79 Å². The number of benzene rings is 1. The molecule has 0 spiro atoms. The largest absolute Gasteiger partial charge is 0.416 e. The predicted molar refractivity (Wildman–Crippen MR) is 106 cm³/mol. The van der Waals surface area contributed by atoms with E-state index < -0.39 is 17.3 Å². The van der Waals surface area contributed by atoms with Gasteiger partial charge in [0.15, 0.2) is 0 Å². The van der Waals surface area contributed by atoms with Crippen LogP contribution >= 0.6 is 0 Å². The van der Waals surface area contributed by atoms with Gasteiger partial charge < -0.3 is 20.9 Å². The van der Waals surface area contributed by atoms with E-state index in [1.807, 2.05) is 0 Å². The molecule has 0 bridgehead atoms. The number of likely N-dealkylation sites (tertiary alicyclic amines) is 1. The fraction of sp³-hybridized carbons (Fsp3) is 0.500. The van der Waals surface area contributed by atoms with Crippen LogP contribution in [0.4, 0.5) is 13.2 Å².